The van der Waals surface area contributed by atoms with Crippen molar-refractivity contribution in [2.24, 2.45) is 23.7 Å². The van der Waals surface area contributed by atoms with Gasteiger partial charge in [0.05, 0.1) is 0 Å². The first-order valence-electron chi connectivity index (χ1n) is 9.26. The van der Waals surface area contributed by atoms with Crippen LogP contribution in [0.1, 0.15) is 11.1 Å². The number of benzene rings is 2. The quantitative estimate of drug-likeness (QED) is 0.686. The Kier molecular flexibility index (Phi) is 3.60. The molecule has 2 aromatic carbocycles. The average Bonchev–Trinajstić information content (AvgIpc) is 2.98. The second-order valence-electron chi connectivity index (χ2n) is 7.27. The SMILES string of the molecule is O=C1C=C[C@H]2C=C[C@@H]1[C@@H]1C=CC(=C(c3ccccc3)c3ccccc3)[C@H]21. The minimum atomic E-state index is -0.0171. The molecule has 0 saturated heterocycles. The monoisotopic (exact) mass is 336 g/mol. The summed E-state index contributed by atoms with van der Waals surface area (Å²) in [6, 6.07) is 21.2. The average molecular weight is 336 g/mol. The second-order valence-corrected chi connectivity index (χ2v) is 7.27. The van der Waals surface area contributed by atoms with Crippen LogP contribution in [-0.4, -0.2) is 5.78 Å². The van der Waals surface area contributed by atoms with E-state index in [1.54, 1.807) is 6.08 Å². The number of hydrogen-bond acceptors (Lipinski definition) is 1. The molecule has 0 unspecified atom stereocenters. The van der Waals surface area contributed by atoms with E-state index in [2.05, 4.69) is 91.0 Å². The first-order valence-corrected chi connectivity index (χ1v) is 9.26. The van der Waals surface area contributed by atoms with E-state index >= 15 is 0 Å². The molecule has 1 heteroatoms. The fourth-order valence-corrected chi connectivity index (χ4v) is 4.70. The fraction of sp³-hybridized carbons (Fsp3) is 0.160. The van der Waals surface area contributed by atoms with Gasteiger partial charge < -0.3 is 0 Å². The zero-order valence-corrected chi connectivity index (χ0v) is 14.5. The Hall–Kier alpha value is -2.93. The number of rotatable bonds is 2. The van der Waals surface area contributed by atoms with Crippen LogP contribution in [0.3, 0.4) is 0 Å². The molecule has 0 fully saturated rings. The summed E-state index contributed by atoms with van der Waals surface area (Å²) in [7, 11) is 0. The highest BCUT2D eigenvalue weighted by Crippen LogP contribution is 2.50. The Labute approximate surface area is 154 Å². The Bertz CT molecular complexity index is 918. The molecule has 0 N–H and O–H groups in total. The second kappa shape index (κ2) is 6.10. The Balaban J connectivity index is 1.73. The molecule has 26 heavy (non-hydrogen) atoms. The Morgan fingerprint density at radius 2 is 1.35 bits per heavy atom. The third-order valence-corrected chi connectivity index (χ3v) is 5.87. The van der Waals surface area contributed by atoms with Crippen molar-refractivity contribution in [2.45, 2.75) is 0 Å². The van der Waals surface area contributed by atoms with Crippen molar-refractivity contribution in [3.63, 3.8) is 0 Å². The highest BCUT2D eigenvalue weighted by atomic mass is 16.1. The molecule has 2 bridgehead atoms. The summed E-state index contributed by atoms with van der Waals surface area (Å²) in [5.74, 6) is 1.11. The maximum absolute atomic E-state index is 12.4. The van der Waals surface area contributed by atoms with Crippen LogP contribution in [0.2, 0.25) is 0 Å². The number of hydrogen-bond donors (Lipinski definition) is 0. The van der Waals surface area contributed by atoms with Crippen LogP contribution in [0.4, 0.5) is 0 Å². The Morgan fingerprint density at radius 3 is 2.00 bits per heavy atom. The first-order chi connectivity index (χ1) is 12.8. The minimum Gasteiger partial charge on any atom is -0.294 e. The largest absolute Gasteiger partial charge is 0.294 e. The van der Waals surface area contributed by atoms with Crippen molar-refractivity contribution in [2.75, 3.05) is 0 Å². The summed E-state index contributed by atoms with van der Waals surface area (Å²) in [6.45, 7) is 0. The molecule has 4 aliphatic carbocycles. The summed E-state index contributed by atoms with van der Waals surface area (Å²) in [4.78, 5) is 12.4. The maximum Gasteiger partial charge on any atom is 0.162 e. The first kappa shape index (κ1) is 15.3. The van der Waals surface area contributed by atoms with Gasteiger partial charge in [0.1, 0.15) is 0 Å². The number of carbonyl (C=O) groups is 1. The van der Waals surface area contributed by atoms with E-state index in [0.717, 1.165) is 0 Å². The van der Waals surface area contributed by atoms with E-state index < -0.39 is 0 Å². The summed E-state index contributed by atoms with van der Waals surface area (Å²) in [6.07, 6.45) is 12.8. The van der Waals surface area contributed by atoms with Crippen molar-refractivity contribution in [3.05, 3.63) is 114 Å². The van der Waals surface area contributed by atoms with E-state index in [4.69, 9.17) is 0 Å². The van der Waals surface area contributed by atoms with Gasteiger partial charge in [0.25, 0.3) is 0 Å². The molecule has 126 valence electrons. The van der Waals surface area contributed by atoms with Crippen LogP contribution in [-0.2, 0) is 4.79 Å². The van der Waals surface area contributed by atoms with Crippen LogP contribution < -0.4 is 0 Å². The molecule has 6 rings (SSSR count). The zero-order valence-electron chi connectivity index (χ0n) is 14.5. The van der Waals surface area contributed by atoms with Crippen molar-refractivity contribution in [1.82, 2.24) is 0 Å². The van der Waals surface area contributed by atoms with Gasteiger partial charge in [-0.2, -0.15) is 0 Å². The Morgan fingerprint density at radius 1 is 0.692 bits per heavy atom. The predicted molar refractivity (Wildman–Crippen MR) is 105 cm³/mol. The highest BCUT2D eigenvalue weighted by molar-refractivity contribution is 5.95. The van der Waals surface area contributed by atoms with E-state index in [1.807, 2.05) is 0 Å². The van der Waals surface area contributed by atoms with Crippen LogP contribution in [0.15, 0.2) is 103 Å². The predicted octanol–water partition coefficient (Wildman–Crippen LogP) is 5.23. The molecular formula is C25H20O. The van der Waals surface area contributed by atoms with Crippen LogP contribution >= 0.6 is 0 Å². The molecular weight excluding hydrogens is 316 g/mol. The van der Waals surface area contributed by atoms with Crippen LogP contribution in [0, 0.1) is 23.7 Å². The fourth-order valence-electron chi connectivity index (χ4n) is 4.70. The third kappa shape index (κ3) is 2.35. The van der Waals surface area contributed by atoms with E-state index in [1.165, 1.54) is 22.3 Å². The number of fused-ring (bicyclic) bond motifs is 1. The van der Waals surface area contributed by atoms with E-state index in [-0.39, 0.29) is 23.5 Å². The zero-order chi connectivity index (χ0) is 17.5. The summed E-state index contributed by atoms with van der Waals surface area (Å²) in [5, 5.41) is 0. The van der Waals surface area contributed by atoms with Gasteiger partial charge >= 0.3 is 0 Å². The van der Waals surface area contributed by atoms with E-state index in [9.17, 15) is 4.79 Å². The van der Waals surface area contributed by atoms with Gasteiger partial charge in [0.15, 0.2) is 5.78 Å². The lowest BCUT2D eigenvalue weighted by atomic mass is 9.70. The number of ketones is 1. The van der Waals surface area contributed by atoms with Gasteiger partial charge in [0, 0.05) is 17.8 Å². The summed E-state index contributed by atoms with van der Waals surface area (Å²) in [5.41, 5.74) is 5.11. The molecule has 0 aliphatic heterocycles. The lowest BCUT2D eigenvalue weighted by molar-refractivity contribution is -0.118. The molecule has 0 aromatic heterocycles. The van der Waals surface area contributed by atoms with Gasteiger partial charge in [-0.05, 0) is 34.3 Å². The molecule has 0 radical (unpaired) electrons. The smallest absolute Gasteiger partial charge is 0.162 e. The minimum absolute atomic E-state index is 0.0171. The summed E-state index contributed by atoms with van der Waals surface area (Å²) < 4.78 is 0. The molecule has 0 heterocycles. The topological polar surface area (TPSA) is 17.1 Å². The summed E-state index contributed by atoms with van der Waals surface area (Å²) >= 11 is 0. The normalized spacial score (nSPS) is 28.3. The molecule has 0 spiro atoms. The lowest BCUT2D eigenvalue weighted by Gasteiger charge is -2.32. The van der Waals surface area contributed by atoms with Gasteiger partial charge in [-0.25, -0.2) is 0 Å². The lowest BCUT2D eigenvalue weighted by Crippen LogP contribution is -2.29. The third-order valence-electron chi connectivity index (χ3n) is 5.87. The number of carbonyl (C=O) groups excluding carboxylic acids is 1. The maximum atomic E-state index is 12.4. The number of allylic oxidation sites excluding steroid dienone is 7. The van der Waals surface area contributed by atoms with Crippen molar-refractivity contribution < 1.29 is 4.79 Å². The van der Waals surface area contributed by atoms with Gasteiger partial charge in [-0.15, -0.1) is 0 Å². The molecule has 2 aromatic rings. The van der Waals surface area contributed by atoms with Crippen LogP contribution in [0.25, 0.3) is 5.57 Å². The van der Waals surface area contributed by atoms with Crippen molar-refractivity contribution in [3.8, 4) is 0 Å². The van der Waals surface area contributed by atoms with Gasteiger partial charge in [0.2, 0.25) is 0 Å². The van der Waals surface area contributed by atoms with Crippen molar-refractivity contribution >= 4 is 11.4 Å². The van der Waals surface area contributed by atoms with Gasteiger partial charge in [-0.1, -0.05) is 91.0 Å². The van der Waals surface area contributed by atoms with E-state index in [0.29, 0.717) is 5.92 Å². The molecule has 0 amide bonds. The van der Waals surface area contributed by atoms with Crippen LogP contribution in [0.5, 0.6) is 0 Å². The standard InChI is InChI=1S/C25H20O/c26-23-16-12-19-11-13-20(23)21-14-15-22(25(19)21)24(17-7-3-1-4-8-17)18-9-5-2-6-10-18/h1-16,19-21,25H/t19-,20-,21+,25-/m1/s1. The molecule has 1 nitrogen and oxygen atoms in total. The molecule has 4 atom stereocenters. The molecule has 4 aliphatic rings. The molecule has 0 saturated carbocycles. The highest BCUT2D eigenvalue weighted by Gasteiger charge is 2.43. The van der Waals surface area contributed by atoms with Gasteiger partial charge in [-0.3, -0.25) is 4.79 Å². The van der Waals surface area contributed by atoms with Crippen molar-refractivity contribution in [1.29, 1.82) is 0 Å².